The summed E-state index contributed by atoms with van der Waals surface area (Å²) >= 11 is 0. The molecule has 25 heavy (non-hydrogen) atoms. The van der Waals surface area contributed by atoms with Crippen LogP contribution in [0.1, 0.15) is 16.8 Å². The van der Waals surface area contributed by atoms with Gasteiger partial charge in [-0.05, 0) is 36.4 Å². The Morgan fingerprint density at radius 3 is 2.32 bits per heavy atom. The number of benzene rings is 2. The van der Waals surface area contributed by atoms with Crippen molar-refractivity contribution in [3.63, 3.8) is 0 Å². The lowest BCUT2D eigenvalue weighted by molar-refractivity contribution is -0.117. The second kappa shape index (κ2) is 6.66. The summed E-state index contributed by atoms with van der Waals surface area (Å²) in [5.74, 6) is -1.28. The van der Waals surface area contributed by atoms with Crippen LogP contribution in [-0.4, -0.2) is 38.0 Å². The minimum atomic E-state index is -3.84. The van der Waals surface area contributed by atoms with Crippen molar-refractivity contribution >= 4 is 27.6 Å². The van der Waals surface area contributed by atoms with Gasteiger partial charge in [-0.1, -0.05) is 18.2 Å². The lowest BCUT2D eigenvalue weighted by Gasteiger charge is -2.17. The molecule has 1 atom stereocenters. The maximum Gasteiger partial charge on any atom is 0.335 e. The fourth-order valence-corrected chi connectivity index (χ4v) is 3.94. The van der Waals surface area contributed by atoms with E-state index in [0.29, 0.717) is 0 Å². The van der Waals surface area contributed by atoms with Crippen LogP contribution in [0.2, 0.25) is 0 Å². The number of carboxylic acids is 1. The van der Waals surface area contributed by atoms with Gasteiger partial charge in [0.05, 0.1) is 10.5 Å². The number of nitrogens with zero attached hydrogens (tertiary/aromatic N) is 1. The minimum absolute atomic E-state index is 0.00486. The van der Waals surface area contributed by atoms with Gasteiger partial charge in [-0.25, -0.2) is 17.9 Å². The molecule has 0 aliphatic carbocycles. The Hall–Kier alpha value is -2.71. The van der Waals surface area contributed by atoms with Crippen LogP contribution in [0.25, 0.3) is 0 Å². The van der Waals surface area contributed by atoms with Gasteiger partial charge in [-0.2, -0.15) is 0 Å². The van der Waals surface area contributed by atoms with E-state index in [1.807, 2.05) is 18.2 Å². The van der Waals surface area contributed by atoms with Crippen molar-refractivity contribution < 1.29 is 23.1 Å². The van der Waals surface area contributed by atoms with Crippen LogP contribution in [0.3, 0.4) is 0 Å². The Kier molecular flexibility index (Phi) is 4.56. The molecule has 2 aromatic rings. The normalized spacial score (nSPS) is 17.7. The van der Waals surface area contributed by atoms with Crippen LogP contribution >= 0.6 is 0 Å². The maximum atomic E-state index is 12.4. The zero-order valence-electron chi connectivity index (χ0n) is 13.1. The van der Waals surface area contributed by atoms with Crippen molar-refractivity contribution in [3.05, 3.63) is 60.2 Å². The molecule has 130 valence electrons. The number of amides is 1. The molecule has 7 nitrogen and oxygen atoms in total. The monoisotopic (exact) mass is 360 g/mol. The fourth-order valence-electron chi connectivity index (χ4n) is 2.71. The van der Waals surface area contributed by atoms with E-state index in [1.54, 1.807) is 17.0 Å². The van der Waals surface area contributed by atoms with Crippen LogP contribution in [0, 0.1) is 0 Å². The molecule has 1 unspecified atom stereocenters. The van der Waals surface area contributed by atoms with Gasteiger partial charge < -0.3 is 10.0 Å². The first kappa shape index (κ1) is 17.1. The van der Waals surface area contributed by atoms with E-state index in [1.165, 1.54) is 24.3 Å². The second-order valence-corrected chi connectivity index (χ2v) is 7.41. The average Bonchev–Trinajstić information content (AvgIpc) is 2.95. The number of para-hydroxylation sites is 1. The van der Waals surface area contributed by atoms with Gasteiger partial charge in [-0.15, -0.1) is 0 Å². The SMILES string of the molecule is O=C(O)c1ccc(S(=O)(=O)NC2CC(=O)N(c3ccccc3)C2)cc1. The third kappa shape index (κ3) is 3.70. The Balaban J connectivity index is 1.73. The van der Waals surface area contributed by atoms with Crippen LogP contribution in [0.4, 0.5) is 5.69 Å². The molecule has 2 aromatic carbocycles. The highest BCUT2D eigenvalue weighted by Crippen LogP contribution is 2.22. The highest BCUT2D eigenvalue weighted by molar-refractivity contribution is 7.89. The molecule has 0 spiro atoms. The van der Waals surface area contributed by atoms with Crippen LogP contribution in [0.5, 0.6) is 0 Å². The van der Waals surface area contributed by atoms with E-state index in [9.17, 15) is 18.0 Å². The zero-order valence-corrected chi connectivity index (χ0v) is 13.9. The third-order valence-electron chi connectivity index (χ3n) is 3.93. The van der Waals surface area contributed by atoms with Crippen molar-refractivity contribution in [1.29, 1.82) is 0 Å². The van der Waals surface area contributed by atoms with Crippen molar-refractivity contribution in [2.45, 2.75) is 17.4 Å². The number of sulfonamides is 1. The number of anilines is 1. The summed E-state index contributed by atoms with van der Waals surface area (Å²) in [6.07, 6.45) is 0.0708. The lowest BCUT2D eigenvalue weighted by Crippen LogP contribution is -2.37. The largest absolute Gasteiger partial charge is 0.478 e. The van der Waals surface area contributed by atoms with Gasteiger partial charge in [0.15, 0.2) is 0 Å². The van der Waals surface area contributed by atoms with E-state index < -0.39 is 22.0 Å². The molecule has 3 rings (SSSR count). The number of hydrogen-bond acceptors (Lipinski definition) is 4. The summed E-state index contributed by atoms with van der Waals surface area (Å²) < 4.78 is 27.4. The number of carbonyl (C=O) groups is 2. The van der Waals surface area contributed by atoms with Crippen LogP contribution < -0.4 is 9.62 Å². The van der Waals surface area contributed by atoms with Crippen LogP contribution in [0.15, 0.2) is 59.5 Å². The van der Waals surface area contributed by atoms with Gasteiger partial charge in [0.2, 0.25) is 15.9 Å². The third-order valence-corrected chi connectivity index (χ3v) is 5.46. The molecule has 1 aliphatic heterocycles. The first-order chi connectivity index (χ1) is 11.9. The highest BCUT2D eigenvalue weighted by atomic mass is 32.2. The molecule has 0 bridgehead atoms. The maximum absolute atomic E-state index is 12.4. The van der Waals surface area contributed by atoms with Gasteiger partial charge in [0.1, 0.15) is 0 Å². The van der Waals surface area contributed by atoms with Gasteiger partial charge in [0, 0.05) is 24.7 Å². The summed E-state index contributed by atoms with van der Waals surface area (Å²) in [5, 5.41) is 8.87. The molecule has 8 heteroatoms. The van der Waals surface area contributed by atoms with E-state index in [-0.39, 0.29) is 29.3 Å². The molecular formula is C17H16N2O5S. The summed E-state index contributed by atoms with van der Waals surface area (Å²) in [6.45, 7) is 0.245. The Bertz CT molecular complexity index is 894. The first-order valence-corrected chi connectivity index (χ1v) is 9.06. The summed E-state index contributed by atoms with van der Waals surface area (Å²) in [5.41, 5.74) is 0.727. The van der Waals surface area contributed by atoms with E-state index in [0.717, 1.165) is 5.69 Å². The molecule has 0 radical (unpaired) electrons. The van der Waals surface area contributed by atoms with Crippen molar-refractivity contribution in [1.82, 2.24) is 4.72 Å². The molecule has 1 heterocycles. The smallest absolute Gasteiger partial charge is 0.335 e. The predicted octanol–water partition coefficient (Wildman–Crippen LogP) is 1.47. The molecule has 0 saturated carbocycles. The molecule has 1 fully saturated rings. The summed E-state index contributed by atoms with van der Waals surface area (Å²) in [6, 6.07) is 13.4. The van der Waals surface area contributed by atoms with Crippen molar-refractivity contribution in [3.8, 4) is 0 Å². The Morgan fingerprint density at radius 1 is 1.08 bits per heavy atom. The highest BCUT2D eigenvalue weighted by Gasteiger charge is 2.33. The number of carbonyl (C=O) groups excluding carboxylic acids is 1. The molecule has 1 aliphatic rings. The molecular weight excluding hydrogens is 344 g/mol. The summed E-state index contributed by atoms with van der Waals surface area (Å²) in [4.78, 5) is 24.5. The molecule has 2 N–H and O–H groups in total. The predicted molar refractivity (Wildman–Crippen MR) is 90.9 cm³/mol. The first-order valence-electron chi connectivity index (χ1n) is 7.58. The number of rotatable bonds is 5. The van der Waals surface area contributed by atoms with E-state index in [2.05, 4.69) is 4.72 Å². The molecule has 0 aromatic heterocycles. The van der Waals surface area contributed by atoms with Gasteiger partial charge >= 0.3 is 5.97 Å². The topological polar surface area (TPSA) is 104 Å². The van der Waals surface area contributed by atoms with E-state index >= 15 is 0 Å². The van der Waals surface area contributed by atoms with Crippen LogP contribution in [-0.2, 0) is 14.8 Å². The van der Waals surface area contributed by atoms with E-state index in [4.69, 9.17) is 5.11 Å². The number of hydrogen-bond donors (Lipinski definition) is 2. The van der Waals surface area contributed by atoms with Gasteiger partial charge in [-0.3, -0.25) is 4.79 Å². The lowest BCUT2D eigenvalue weighted by atomic mass is 10.2. The minimum Gasteiger partial charge on any atom is -0.478 e. The number of aromatic carboxylic acids is 1. The fraction of sp³-hybridized carbons (Fsp3) is 0.176. The molecule has 1 saturated heterocycles. The van der Waals surface area contributed by atoms with Crippen molar-refractivity contribution in [2.24, 2.45) is 0 Å². The zero-order chi connectivity index (χ0) is 18.0. The summed E-state index contributed by atoms with van der Waals surface area (Å²) in [7, 11) is -3.84. The Morgan fingerprint density at radius 2 is 1.72 bits per heavy atom. The average molecular weight is 360 g/mol. The second-order valence-electron chi connectivity index (χ2n) is 5.69. The molecule has 1 amide bonds. The van der Waals surface area contributed by atoms with Crippen molar-refractivity contribution in [2.75, 3.05) is 11.4 Å². The quantitative estimate of drug-likeness (QED) is 0.840. The number of carboxylic acid groups (broad SMARTS) is 1. The Labute approximate surface area is 144 Å². The number of nitrogens with one attached hydrogen (secondary N) is 1. The van der Waals surface area contributed by atoms with Gasteiger partial charge in [0.25, 0.3) is 0 Å². The standard InChI is InChI=1S/C17H16N2O5S/c20-16-10-13(11-19(16)14-4-2-1-3-5-14)18-25(23,24)15-8-6-12(7-9-15)17(21)22/h1-9,13,18H,10-11H2,(H,21,22).